The molecule has 0 aliphatic carbocycles. The third kappa shape index (κ3) is 4.04. The third-order valence-electron chi connectivity index (χ3n) is 3.62. The Morgan fingerprint density at radius 2 is 1.75 bits per heavy atom. The standard InChI is InChI=1S/C18H23FN3OP/c1-20-11-12-8-13(19)6-7-16(12)24-17-10-14(21(2)3)9-15(18(17)23)22(4)5/h6-11,23-24H,1-5H3. The largest absolute Gasteiger partial charge is 0.505 e. The van der Waals surface area contributed by atoms with Gasteiger partial charge >= 0.3 is 0 Å². The Kier molecular flexibility index (Phi) is 5.79. The zero-order valence-corrected chi connectivity index (χ0v) is 15.6. The van der Waals surface area contributed by atoms with E-state index < -0.39 is 0 Å². The summed E-state index contributed by atoms with van der Waals surface area (Å²) in [5.74, 6) is -0.0358. The molecular formula is C18H23FN3OP. The van der Waals surface area contributed by atoms with Crippen molar-refractivity contribution >= 4 is 36.8 Å². The number of benzene rings is 2. The van der Waals surface area contributed by atoms with Crippen molar-refractivity contribution in [2.24, 2.45) is 4.99 Å². The zero-order valence-electron chi connectivity index (χ0n) is 14.6. The summed E-state index contributed by atoms with van der Waals surface area (Å²) in [6, 6.07) is 8.57. The van der Waals surface area contributed by atoms with Crippen LogP contribution in [0.2, 0.25) is 0 Å². The molecule has 4 nitrogen and oxygen atoms in total. The van der Waals surface area contributed by atoms with Crippen molar-refractivity contribution in [2.75, 3.05) is 45.0 Å². The van der Waals surface area contributed by atoms with Gasteiger partial charge in [-0.1, -0.05) is 14.6 Å². The van der Waals surface area contributed by atoms with Crippen LogP contribution in [-0.2, 0) is 0 Å². The molecule has 128 valence electrons. The number of halogens is 1. The van der Waals surface area contributed by atoms with Gasteiger partial charge in [-0.15, -0.1) is 0 Å². The lowest BCUT2D eigenvalue weighted by Gasteiger charge is -2.22. The molecule has 0 saturated carbocycles. The van der Waals surface area contributed by atoms with E-state index in [4.69, 9.17) is 0 Å². The second-order valence-corrected chi connectivity index (χ2v) is 7.22. The fourth-order valence-corrected chi connectivity index (χ4v) is 3.54. The van der Waals surface area contributed by atoms with Gasteiger partial charge in [0.15, 0.2) is 0 Å². The lowest BCUT2D eigenvalue weighted by molar-refractivity contribution is 0.480. The topological polar surface area (TPSA) is 39.1 Å². The predicted octanol–water partition coefficient (Wildman–Crippen LogP) is 2.34. The number of aliphatic imine (C=N–C) groups is 1. The summed E-state index contributed by atoms with van der Waals surface area (Å²) in [5, 5.41) is 12.4. The molecule has 0 aliphatic rings. The van der Waals surface area contributed by atoms with Crippen molar-refractivity contribution in [2.45, 2.75) is 0 Å². The predicted molar refractivity (Wildman–Crippen MR) is 104 cm³/mol. The van der Waals surface area contributed by atoms with E-state index in [0.717, 1.165) is 27.5 Å². The summed E-state index contributed by atoms with van der Waals surface area (Å²) in [6.45, 7) is 0. The Bertz CT molecular complexity index is 760. The highest BCUT2D eigenvalue weighted by Gasteiger charge is 2.14. The van der Waals surface area contributed by atoms with Gasteiger partial charge in [0.2, 0.25) is 0 Å². The van der Waals surface area contributed by atoms with Gasteiger partial charge in [-0.2, -0.15) is 0 Å². The minimum Gasteiger partial charge on any atom is -0.505 e. The second-order valence-electron chi connectivity index (χ2n) is 5.89. The van der Waals surface area contributed by atoms with E-state index in [9.17, 15) is 9.50 Å². The van der Waals surface area contributed by atoms with Gasteiger partial charge in [0.1, 0.15) is 11.6 Å². The van der Waals surface area contributed by atoms with Gasteiger partial charge in [-0.25, -0.2) is 4.39 Å². The molecule has 6 heteroatoms. The molecule has 1 N–H and O–H groups in total. The van der Waals surface area contributed by atoms with Crippen LogP contribution in [0.5, 0.6) is 5.75 Å². The van der Waals surface area contributed by atoms with E-state index in [0.29, 0.717) is 0 Å². The number of phenols is 1. The number of rotatable bonds is 5. The highest BCUT2D eigenvalue weighted by Crippen LogP contribution is 2.33. The normalized spacial score (nSPS) is 11.6. The molecule has 24 heavy (non-hydrogen) atoms. The molecule has 0 aromatic heterocycles. The van der Waals surface area contributed by atoms with Crippen LogP contribution < -0.4 is 20.4 Å². The lowest BCUT2D eigenvalue weighted by Crippen LogP contribution is -2.17. The highest BCUT2D eigenvalue weighted by atomic mass is 31.1. The van der Waals surface area contributed by atoms with Crippen molar-refractivity contribution in [3.63, 3.8) is 0 Å². The molecule has 2 aromatic rings. The van der Waals surface area contributed by atoms with Crippen LogP contribution in [0.25, 0.3) is 0 Å². The maximum absolute atomic E-state index is 13.5. The minimum atomic E-state index is -0.293. The van der Waals surface area contributed by atoms with Crippen molar-refractivity contribution in [1.29, 1.82) is 0 Å². The van der Waals surface area contributed by atoms with Gasteiger partial charge in [0, 0.05) is 58.0 Å². The van der Waals surface area contributed by atoms with Crippen LogP contribution >= 0.6 is 8.58 Å². The molecule has 0 heterocycles. The molecule has 2 aromatic carbocycles. The SMILES string of the molecule is CN=Cc1cc(F)ccc1Pc1cc(N(C)C)cc(N(C)C)c1O. The van der Waals surface area contributed by atoms with Crippen LogP contribution in [-0.4, -0.2) is 46.6 Å². The molecule has 1 unspecified atom stereocenters. The summed E-state index contributed by atoms with van der Waals surface area (Å²) in [7, 11) is 9.58. The molecule has 0 bridgehead atoms. The van der Waals surface area contributed by atoms with Crippen LogP contribution in [0.4, 0.5) is 15.8 Å². The molecule has 0 fully saturated rings. The third-order valence-corrected chi connectivity index (χ3v) is 5.00. The van der Waals surface area contributed by atoms with Crippen molar-refractivity contribution in [3.8, 4) is 5.75 Å². The van der Waals surface area contributed by atoms with Crippen molar-refractivity contribution < 1.29 is 9.50 Å². The second kappa shape index (κ2) is 7.63. The van der Waals surface area contributed by atoms with Crippen LogP contribution in [0.15, 0.2) is 35.3 Å². The van der Waals surface area contributed by atoms with E-state index in [-0.39, 0.29) is 20.1 Å². The van der Waals surface area contributed by atoms with Gasteiger partial charge < -0.3 is 14.9 Å². The summed E-state index contributed by atoms with van der Waals surface area (Å²) < 4.78 is 13.5. The Morgan fingerprint density at radius 1 is 1.04 bits per heavy atom. The summed E-state index contributed by atoms with van der Waals surface area (Å²) in [5.41, 5.74) is 2.50. The first-order chi connectivity index (χ1) is 11.3. The van der Waals surface area contributed by atoms with E-state index in [2.05, 4.69) is 4.99 Å². The molecule has 0 amide bonds. The molecule has 2 rings (SSSR count). The molecule has 1 atom stereocenters. The Morgan fingerprint density at radius 3 is 2.33 bits per heavy atom. The molecule has 0 spiro atoms. The van der Waals surface area contributed by atoms with Crippen molar-refractivity contribution in [3.05, 3.63) is 41.7 Å². The van der Waals surface area contributed by atoms with E-state index in [1.165, 1.54) is 12.1 Å². The molecule has 0 saturated heterocycles. The van der Waals surface area contributed by atoms with E-state index >= 15 is 0 Å². The number of phenolic OH excluding ortho intramolecular Hbond substituents is 1. The van der Waals surface area contributed by atoms with Gasteiger partial charge in [-0.3, -0.25) is 4.99 Å². The van der Waals surface area contributed by atoms with E-state index in [1.54, 1.807) is 19.3 Å². The van der Waals surface area contributed by atoms with Crippen LogP contribution in [0.3, 0.4) is 0 Å². The maximum atomic E-state index is 13.5. The van der Waals surface area contributed by atoms with Crippen molar-refractivity contribution in [1.82, 2.24) is 0 Å². The maximum Gasteiger partial charge on any atom is 0.146 e. The lowest BCUT2D eigenvalue weighted by atomic mass is 10.2. The summed E-state index contributed by atoms with van der Waals surface area (Å²) >= 11 is 0. The number of hydrogen-bond donors (Lipinski definition) is 1. The number of nitrogens with zero attached hydrogens (tertiary/aromatic N) is 3. The smallest absolute Gasteiger partial charge is 0.146 e. The number of hydrogen-bond acceptors (Lipinski definition) is 4. The number of aromatic hydroxyl groups is 1. The quantitative estimate of drug-likeness (QED) is 0.667. The zero-order chi connectivity index (χ0) is 17.9. The minimum absolute atomic E-state index is 0.198. The Balaban J connectivity index is 2.53. The Hall–Kier alpha value is -2.13. The van der Waals surface area contributed by atoms with Crippen LogP contribution in [0, 0.1) is 5.82 Å². The monoisotopic (exact) mass is 347 g/mol. The molecule has 0 aliphatic heterocycles. The first kappa shape index (κ1) is 18.2. The average Bonchev–Trinajstić information content (AvgIpc) is 2.51. The van der Waals surface area contributed by atoms with Crippen LogP contribution in [0.1, 0.15) is 5.56 Å². The van der Waals surface area contributed by atoms with Gasteiger partial charge in [0.25, 0.3) is 0 Å². The Labute approximate surface area is 144 Å². The average molecular weight is 347 g/mol. The summed E-state index contributed by atoms with van der Waals surface area (Å²) in [6.07, 6.45) is 1.64. The highest BCUT2D eigenvalue weighted by molar-refractivity contribution is 7.56. The fourth-order valence-electron chi connectivity index (χ4n) is 2.34. The van der Waals surface area contributed by atoms with Gasteiger partial charge in [-0.05, 0) is 29.6 Å². The first-order valence-corrected chi connectivity index (χ1v) is 8.54. The first-order valence-electron chi connectivity index (χ1n) is 7.54. The number of anilines is 2. The summed E-state index contributed by atoms with van der Waals surface area (Å²) in [4.78, 5) is 7.88. The van der Waals surface area contributed by atoms with E-state index in [1.807, 2.05) is 50.1 Å². The molecule has 0 radical (unpaired) electrons. The molecular weight excluding hydrogens is 324 g/mol. The fraction of sp³-hybridized carbons (Fsp3) is 0.278. The van der Waals surface area contributed by atoms with Gasteiger partial charge in [0.05, 0.1) is 5.69 Å².